The molecule has 1 N–H and O–H groups in total. The summed E-state index contributed by atoms with van der Waals surface area (Å²) in [5.41, 5.74) is 0. The van der Waals surface area contributed by atoms with Gasteiger partial charge in [-0.05, 0) is 26.7 Å². The minimum atomic E-state index is 0. The maximum absolute atomic E-state index is 3.48. The summed E-state index contributed by atoms with van der Waals surface area (Å²) in [6, 6.07) is 1.53. The van der Waals surface area contributed by atoms with E-state index in [1.54, 1.807) is 0 Å². The molecular formula is C7H16LiN. The van der Waals surface area contributed by atoms with Gasteiger partial charge in [0.2, 0.25) is 0 Å². The summed E-state index contributed by atoms with van der Waals surface area (Å²) in [5, 5.41) is 3.48. The summed E-state index contributed by atoms with van der Waals surface area (Å²) in [6.45, 7) is 4.52. The molecule has 2 heteroatoms. The molecule has 0 aromatic rings. The quantitative estimate of drug-likeness (QED) is 0.469. The fourth-order valence-electron chi connectivity index (χ4n) is 1.38. The van der Waals surface area contributed by atoms with Crippen LogP contribution in [-0.2, 0) is 0 Å². The second-order valence-electron chi connectivity index (χ2n) is 2.90. The van der Waals surface area contributed by atoms with Crippen LogP contribution in [0.3, 0.4) is 0 Å². The molecule has 1 rings (SSSR count). The minimum absolute atomic E-state index is 0. The monoisotopic (exact) mass is 121 g/mol. The van der Waals surface area contributed by atoms with Gasteiger partial charge in [0.25, 0.3) is 0 Å². The van der Waals surface area contributed by atoms with Crippen LogP contribution in [0.2, 0.25) is 0 Å². The van der Waals surface area contributed by atoms with E-state index in [0.717, 1.165) is 12.1 Å². The summed E-state index contributed by atoms with van der Waals surface area (Å²) in [6.07, 6.45) is 4.14. The van der Waals surface area contributed by atoms with Gasteiger partial charge in [0.1, 0.15) is 0 Å². The topological polar surface area (TPSA) is 12.0 Å². The average molecular weight is 121 g/mol. The van der Waals surface area contributed by atoms with Gasteiger partial charge in [-0.25, -0.2) is 0 Å². The Morgan fingerprint density at radius 2 is 1.56 bits per heavy atom. The zero-order chi connectivity index (χ0) is 5.98. The standard InChI is InChI=1S/C7H15N.Li.H/c1-6-4-3-5-7(2)8-6;;/h6-8H,3-5H2,1-2H3;;. The molecule has 2 unspecified atom stereocenters. The van der Waals surface area contributed by atoms with Gasteiger partial charge in [-0.3, -0.25) is 0 Å². The third-order valence-electron chi connectivity index (χ3n) is 1.84. The van der Waals surface area contributed by atoms with Gasteiger partial charge in [0.15, 0.2) is 0 Å². The summed E-state index contributed by atoms with van der Waals surface area (Å²) < 4.78 is 0. The molecule has 0 bridgehead atoms. The van der Waals surface area contributed by atoms with Crippen LogP contribution in [0, 0.1) is 0 Å². The third kappa shape index (κ3) is 3.30. The molecule has 1 aliphatic rings. The zero-order valence-electron chi connectivity index (χ0n) is 5.78. The second kappa shape index (κ2) is 4.39. The molecule has 0 saturated carbocycles. The van der Waals surface area contributed by atoms with Gasteiger partial charge in [-0.1, -0.05) is 6.42 Å². The summed E-state index contributed by atoms with van der Waals surface area (Å²) in [5.74, 6) is 0. The Bertz CT molecular complexity index is 67.3. The van der Waals surface area contributed by atoms with Gasteiger partial charge in [-0.2, -0.15) is 0 Å². The first kappa shape index (κ1) is 9.56. The number of hydrogen-bond acceptors (Lipinski definition) is 1. The Kier molecular flexibility index (Phi) is 4.66. The van der Waals surface area contributed by atoms with E-state index in [-0.39, 0.29) is 18.9 Å². The van der Waals surface area contributed by atoms with Crippen LogP contribution in [-0.4, -0.2) is 30.9 Å². The van der Waals surface area contributed by atoms with Crippen LogP contribution >= 0.6 is 0 Å². The molecular weight excluding hydrogens is 105 g/mol. The van der Waals surface area contributed by atoms with Crippen LogP contribution in [0.1, 0.15) is 33.1 Å². The number of hydrogen-bond donors (Lipinski definition) is 1. The molecule has 0 aromatic heterocycles. The average Bonchev–Trinajstić information content (AvgIpc) is 1.64. The molecule has 0 spiro atoms. The van der Waals surface area contributed by atoms with Gasteiger partial charge < -0.3 is 5.32 Å². The first-order valence-corrected chi connectivity index (χ1v) is 3.55. The molecule has 1 fully saturated rings. The SMILES string of the molecule is CC1CCCC(C)N1.[LiH]. The van der Waals surface area contributed by atoms with Crippen LogP contribution in [0.15, 0.2) is 0 Å². The van der Waals surface area contributed by atoms with Crippen molar-refractivity contribution in [2.45, 2.75) is 45.2 Å². The van der Waals surface area contributed by atoms with Crippen molar-refractivity contribution in [2.75, 3.05) is 0 Å². The molecule has 2 atom stereocenters. The molecule has 0 aromatic carbocycles. The maximum atomic E-state index is 3.48. The molecule has 1 aliphatic heterocycles. The Labute approximate surface area is 69.8 Å². The van der Waals surface area contributed by atoms with Crippen LogP contribution in [0.5, 0.6) is 0 Å². The summed E-state index contributed by atoms with van der Waals surface area (Å²) in [7, 11) is 0. The van der Waals surface area contributed by atoms with Crippen molar-refractivity contribution in [1.29, 1.82) is 0 Å². The van der Waals surface area contributed by atoms with E-state index in [1.165, 1.54) is 19.3 Å². The van der Waals surface area contributed by atoms with Crippen molar-refractivity contribution >= 4 is 18.9 Å². The van der Waals surface area contributed by atoms with E-state index in [2.05, 4.69) is 19.2 Å². The number of nitrogens with one attached hydrogen (secondary N) is 1. The van der Waals surface area contributed by atoms with E-state index in [1.807, 2.05) is 0 Å². The number of rotatable bonds is 0. The van der Waals surface area contributed by atoms with Crippen molar-refractivity contribution in [2.24, 2.45) is 0 Å². The Morgan fingerprint density at radius 3 is 1.78 bits per heavy atom. The van der Waals surface area contributed by atoms with Crippen molar-refractivity contribution in [3.05, 3.63) is 0 Å². The second-order valence-corrected chi connectivity index (χ2v) is 2.90. The predicted octanol–water partition coefficient (Wildman–Crippen LogP) is 0.888. The summed E-state index contributed by atoms with van der Waals surface area (Å²) in [4.78, 5) is 0. The van der Waals surface area contributed by atoms with E-state index in [9.17, 15) is 0 Å². The predicted molar refractivity (Wildman–Crippen MR) is 43.1 cm³/mol. The fourth-order valence-corrected chi connectivity index (χ4v) is 1.38. The molecule has 1 nitrogen and oxygen atoms in total. The van der Waals surface area contributed by atoms with Crippen molar-refractivity contribution < 1.29 is 0 Å². The van der Waals surface area contributed by atoms with Crippen LogP contribution < -0.4 is 5.32 Å². The summed E-state index contributed by atoms with van der Waals surface area (Å²) >= 11 is 0. The Morgan fingerprint density at radius 1 is 1.11 bits per heavy atom. The molecule has 9 heavy (non-hydrogen) atoms. The molecule has 1 heterocycles. The van der Waals surface area contributed by atoms with Crippen molar-refractivity contribution in [1.82, 2.24) is 5.32 Å². The number of piperidine rings is 1. The van der Waals surface area contributed by atoms with E-state index in [0.29, 0.717) is 0 Å². The fraction of sp³-hybridized carbons (Fsp3) is 1.00. The van der Waals surface area contributed by atoms with E-state index in [4.69, 9.17) is 0 Å². The van der Waals surface area contributed by atoms with E-state index < -0.39 is 0 Å². The van der Waals surface area contributed by atoms with Gasteiger partial charge in [-0.15, -0.1) is 0 Å². The van der Waals surface area contributed by atoms with Gasteiger partial charge >= 0.3 is 18.9 Å². The molecule has 0 aliphatic carbocycles. The van der Waals surface area contributed by atoms with Crippen molar-refractivity contribution in [3.63, 3.8) is 0 Å². The van der Waals surface area contributed by atoms with Gasteiger partial charge in [0.05, 0.1) is 0 Å². The Hall–Kier alpha value is 0.557. The zero-order valence-corrected chi connectivity index (χ0v) is 5.78. The molecule has 0 amide bonds. The Balaban J connectivity index is 0.000000640. The van der Waals surface area contributed by atoms with Gasteiger partial charge in [0, 0.05) is 12.1 Å². The van der Waals surface area contributed by atoms with Crippen LogP contribution in [0.25, 0.3) is 0 Å². The van der Waals surface area contributed by atoms with E-state index >= 15 is 0 Å². The first-order valence-electron chi connectivity index (χ1n) is 3.55. The normalized spacial score (nSPS) is 35.3. The van der Waals surface area contributed by atoms with Crippen molar-refractivity contribution in [3.8, 4) is 0 Å². The molecule has 50 valence electrons. The first-order chi connectivity index (χ1) is 3.79. The molecule has 0 radical (unpaired) electrons. The molecule has 1 saturated heterocycles. The third-order valence-corrected chi connectivity index (χ3v) is 1.84. The van der Waals surface area contributed by atoms with Crippen LogP contribution in [0.4, 0.5) is 0 Å².